The van der Waals surface area contributed by atoms with E-state index >= 15 is 0 Å². The standard InChI is InChI=1S/C13H15NO/c15-13-11-6-7-12(13)14(9-11)8-10-4-2-1-3-5-10/h1-5,11-12H,6-9H2/t11-,12-/m1/s1. The zero-order valence-corrected chi connectivity index (χ0v) is 8.73. The van der Waals surface area contributed by atoms with Gasteiger partial charge >= 0.3 is 0 Å². The Balaban J connectivity index is 1.74. The van der Waals surface area contributed by atoms with Crippen molar-refractivity contribution in [1.82, 2.24) is 4.90 Å². The van der Waals surface area contributed by atoms with Crippen LogP contribution in [0.25, 0.3) is 0 Å². The number of carbonyl (C=O) groups excluding carboxylic acids is 1. The fraction of sp³-hybridized carbons (Fsp3) is 0.462. The third-order valence-corrected chi connectivity index (χ3v) is 3.64. The van der Waals surface area contributed by atoms with Crippen molar-refractivity contribution in [2.24, 2.45) is 5.92 Å². The number of likely N-dealkylation sites (tertiary alicyclic amines) is 1. The maximum Gasteiger partial charge on any atom is 0.154 e. The van der Waals surface area contributed by atoms with Crippen molar-refractivity contribution in [2.75, 3.05) is 6.54 Å². The first-order valence-corrected chi connectivity index (χ1v) is 5.66. The zero-order chi connectivity index (χ0) is 10.3. The average Bonchev–Trinajstić information content (AvgIpc) is 2.75. The Bertz CT molecular complexity index is 373. The molecule has 0 amide bonds. The SMILES string of the molecule is O=C1[C@@H]2CC[C@H]1N(Cc1ccccc1)C2. The molecule has 78 valence electrons. The molecule has 2 nitrogen and oxygen atoms in total. The molecule has 0 radical (unpaired) electrons. The summed E-state index contributed by atoms with van der Waals surface area (Å²) in [6, 6.07) is 10.7. The molecule has 0 spiro atoms. The van der Waals surface area contributed by atoms with Crippen LogP contribution >= 0.6 is 0 Å². The zero-order valence-electron chi connectivity index (χ0n) is 8.73. The van der Waals surface area contributed by atoms with Crippen molar-refractivity contribution < 1.29 is 4.79 Å². The van der Waals surface area contributed by atoms with Gasteiger partial charge in [-0.1, -0.05) is 30.3 Å². The van der Waals surface area contributed by atoms with Gasteiger partial charge in [-0.05, 0) is 18.4 Å². The smallest absolute Gasteiger partial charge is 0.154 e. The van der Waals surface area contributed by atoms with E-state index < -0.39 is 0 Å². The van der Waals surface area contributed by atoms with Gasteiger partial charge in [0.05, 0.1) is 6.04 Å². The van der Waals surface area contributed by atoms with Gasteiger partial charge in [0.1, 0.15) is 0 Å². The number of fused-ring (bicyclic) bond motifs is 2. The Morgan fingerprint density at radius 3 is 2.60 bits per heavy atom. The van der Waals surface area contributed by atoms with Crippen molar-refractivity contribution >= 4 is 5.78 Å². The fourth-order valence-electron chi connectivity index (χ4n) is 2.86. The highest BCUT2D eigenvalue weighted by Gasteiger charge is 2.45. The topological polar surface area (TPSA) is 20.3 Å². The lowest BCUT2D eigenvalue weighted by atomic mass is 10.1. The summed E-state index contributed by atoms with van der Waals surface area (Å²) in [6.45, 7) is 1.92. The number of piperidine rings is 1. The number of hydrogen-bond donors (Lipinski definition) is 0. The van der Waals surface area contributed by atoms with E-state index in [2.05, 4.69) is 29.2 Å². The number of hydrogen-bond acceptors (Lipinski definition) is 2. The average molecular weight is 201 g/mol. The molecular weight excluding hydrogens is 186 g/mol. The van der Waals surface area contributed by atoms with E-state index in [0.29, 0.717) is 11.7 Å². The molecule has 2 aliphatic rings. The molecule has 1 heterocycles. The van der Waals surface area contributed by atoms with Gasteiger partial charge < -0.3 is 0 Å². The third kappa shape index (κ3) is 1.49. The summed E-state index contributed by atoms with van der Waals surface area (Å²) in [4.78, 5) is 14.1. The van der Waals surface area contributed by atoms with Crippen LogP contribution in [0.2, 0.25) is 0 Å². The van der Waals surface area contributed by atoms with E-state index in [9.17, 15) is 4.79 Å². The van der Waals surface area contributed by atoms with Gasteiger partial charge in [0.25, 0.3) is 0 Å². The molecule has 2 atom stereocenters. The van der Waals surface area contributed by atoms with E-state index in [0.717, 1.165) is 25.9 Å². The van der Waals surface area contributed by atoms with Crippen molar-refractivity contribution in [1.29, 1.82) is 0 Å². The van der Waals surface area contributed by atoms with Crippen LogP contribution in [-0.2, 0) is 11.3 Å². The highest BCUT2D eigenvalue weighted by molar-refractivity contribution is 5.90. The molecule has 2 bridgehead atoms. The number of Topliss-reactive ketones (excluding diaryl/α,β-unsaturated/α-hetero) is 1. The lowest BCUT2D eigenvalue weighted by Crippen LogP contribution is -2.32. The van der Waals surface area contributed by atoms with Gasteiger partial charge in [0.15, 0.2) is 5.78 Å². The molecule has 2 fully saturated rings. The van der Waals surface area contributed by atoms with Crippen LogP contribution in [0.1, 0.15) is 18.4 Å². The van der Waals surface area contributed by atoms with E-state index in [1.165, 1.54) is 5.56 Å². The minimum Gasteiger partial charge on any atom is -0.298 e. The van der Waals surface area contributed by atoms with Crippen molar-refractivity contribution in [2.45, 2.75) is 25.4 Å². The first-order chi connectivity index (χ1) is 7.34. The molecule has 1 aromatic carbocycles. The molecule has 15 heavy (non-hydrogen) atoms. The van der Waals surface area contributed by atoms with Crippen LogP contribution in [0.5, 0.6) is 0 Å². The van der Waals surface area contributed by atoms with E-state index in [-0.39, 0.29) is 6.04 Å². The van der Waals surface area contributed by atoms with Crippen molar-refractivity contribution in [3.05, 3.63) is 35.9 Å². The van der Waals surface area contributed by atoms with E-state index in [1.807, 2.05) is 6.07 Å². The quantitative estimate of drug-likeness (QED) is 0.727. The van der Waals surface area contributed by atoms with Gasteiger partial charge in [0.2, 0.25) is 0 Å². The predicted octanol–water partition coefficient (Wildman–Crippen LogP) is 1.85. The molecular formula is C13H15NO. The first kappa shape index (κ1) is 9.10. The van der Waals surface area contributed by atoms with E-state index in [4.69, 9.17) is 0 Å². The summed E-state index contributed by atoms with van der Waals surface area (Å²) in [7, 11) is 0. The molecule has 1 aliphatic carbocycles. The predicted molar refractivity (Wildman–Crippen MR) is 58.4 cm³/mol. The summed E-state index contributed by atoms with van der Waals surface area (Å²) < 4.78 is 0. The summed E-state index contributed by atoms with van der Waals surface area (Å²) in [5.41, 5.74) is 1.32. The van der Waals surface area contributed by atoms with Crippen LogP contribution in [0.3, 0.4) is 0 Å². The Morgan fingerprint density at radius 2 is 2.00 bits per heavy atom. The number of carbonyl (C=O) groups is 1. The number of nitrogens with zero attached hydrogens (tertiary/aromatic N) is 1. The largest absolute Gasteiger partial charge is 0.298 e. The van der Waals surface area contributed by atoms with Gasteiger partial charge in [0, 0.05) is 19.0 Å². The van der Waals surface area contributed by atoms with Gasteiger partial charge in [-0.3, -0.25) is 9.69 Å². The summed E-state index contributed by atoms with van der Waals surface area (Å²) in [5, 5.41) is 0. The van der Waals surface area contributed by atoms with Gasteiger partial charge in [-0.25, -0.2) is 0 Å². The molecule has 0 aromatic heterocycles. The maximum absolute atomic E-state index is 11.7. The number of rotatable bonds is 2. The highest BCUT2D eigenvalue weighted by atomic mass is 16.1. The van der Waals surface area contributed by atoms with E-state index in [1.54, 1.807) is 0 Å². The molecule has 1 aliphatic heterocycles. The molecule has 0 unspecified atom stereocenters. The Morgan fingerprint density at radius 1 is 1.20 bits per heavy atom. The molecule has 3 rings (SSSR count). The number of benzene rings is 1. The van der Waals surface area contributed by atoms with Crippen LogP contribution in [0.15, 0.2) is 30.3 Å². The van der Waals surface area contributed by atoms with Gasteiger partial charge in [-0.15, -0.1) is 0 Å². The lowest BCUT2D eigenvalue weighted by molar-refractivity contribution is -0.120. The molecule has 1 aromatic rings. The first-order valence-electron chi connectivity index (χ1n) is 5.66. The summed E-state index contributed by atoms with van der Waals surface area (Å²) in [6.07, 6.45) is 2.20. The second-order valence-corrected chi connectivity index (χ2v) is 4.61. The normalized spacial score (nSPS) is 30.0. The Labute approximate surface area is 89.9 Å². The molecule has 0 N–H and O–H groups in total. The minimum atomic E-state index is 0.232. The lowest BCUT2D eigenvalue weighted by Gasteiger charge is -2.24. The van der Waals surface area contributed by atoms with Crippen LogP contribution in [-0.4, -0.2) is 23.3 Å². The van der Waals surface area contributed by atoms with Crippen LogP contribution < -0.4 is 0 Å². The van der Waals surface area contributed by atoms with Crippen LogP contribution in [0, 0.1) is 5.92 Å². The van der Waals surface area contributed by atoms with Crippen molar-refractivity contribution in [3.63, 3.8) is 0 Å². The summed E-state index contributed by atoms with van der Waals surface area (Å²) in [5.74, 6) is 0.838. The Hall–Kier alpha value is -1.15. The minimum absolute atomic E-state index is 0.232. The van der Waals surface area contributed by atoms with Crippen molar-refractivity contribution in [3.8, 4) is 0 Å². The number of ketones is 1. The second kappa shape index (κ2) is 3.46. The monoisotopic (exact) mass is 201 g/mol. The van der Waals surface area contributed by atoms with Crippen LogP contribution in [0.4, 0.5) is 0 Å². The molecule has 1 saturated carbocycles. The molecule has 2 heteroatoms. The third-order valence-electron chi connectivity index (χ3n) is 3.64. The second-order valence-electron chi connectivity index (χ2n) is 4.61. The van der Waals surface area contributed by atoms with Gasteiger partial charge in [-0.2, -0.15) is 0 Å². The highest BCUT2D eigenvalue weighted by Crippen LogP contribution is 2.35. The fourth-order valence-corrected chi connectivity index (χ4v) is 2.86. The Kier molecular flexibility index (Phi) is 2.10. The maximum atomic E-state index is 11.7. The summed E-state index contributed by atoms with van der Waals surface area (Å²) >= 11 is 0. The molecule has 1 saturated heterocycles.